The van der Waals surface area contributed by atoms with E-state index in [0.717, 1.165) is 90.1 Å². The fraction of sp³-hybridized carbons (Fsp3) is 0.346. The third kappa shape index (κ3) is 4.39. The lowest BCUT2D eigenvalue weighted by atomic mass is 10.1. The molecule has 188 valence electrons. The van der Waals surface area contributed by atoms with E-state index in [1.165, 1.54) is 4.88 Å². The van der Waals surface area contributed by atoms with E-state index in [1.54, 1.807) is 12.4 Å². The molecular weight excluding hydrogens is 486 g/mol. The Kier molecular flexibility index (Phi) is 5.88. The van der Waals surface area contributed by atoms with E-state index < -0.39 is 0 Å². The van der Waals surface area contributed by atoms with Crippen molar-refractivity contribution in [3.8, 4) is 11.4 Å². The summed E-state index contributed by atoms with van der Waals surface area (Å²) in [7, 11) is 0. The number of nitrogens with zero attached hydrogens (tertiary/aromatic N) is 8. The molecule has 1 aromatic carbocycles. The number of piperazine rings is 1. The van der Waals surface area contributed by atoms with Crippen molar-refractivity contribution in [3.63, 3.8) is 0 Å². The zero-order valence-electron chi connectivity index (χ0n) is 20.4. The van der Waals surface area contributed by atoms with E-state index in [9.17, 15) is 0 Å². The Labute approximate surface area is 217 Å². The molecule has 4 aromatic heterocycles. The molecule has 5 aromatic rings. The number of aromatic amines is 1. The highest BCUT2D eigenvalue weighted by Gasteiger charge is 2.23. The minimum absolute atomic E-state index is 0.714. The molecule has 10 nitrogen and oxygen atoms in total. The number of ether oxygens (including phenoxy) is 1. The van der Waals surface area contributed by atoms with Gasteiger partial charge in [0.15, 0.2) is 11.6 Å². The van der Waals surface area contributed by atoms with Crippen molar-refractivity contribution in [3.05, 3.63) is 53.8 Å². The molecule has 0 aliphatic carbocycles. The summed E-state index contributed by atoms with van der Waals surface area (Å²) < 4.78 is 6.78. The summed E-state index contributed by atoms with van der Waals surface area (Å²) in [6.45, 7) is 7.79. The Morgan fingerprint density at radius 3 is 2.59 bits per heavy atom. The van der Waals surface area contributed by atoms with Gasteiger partial charge in [0.25, 0.3) is 0 Å². The van der Waals surface area contributed by atoms with Gasteiger partial charge in [-0.1, -0.05) is 12.1 Å². The topological polar surface area (TPSA) is 99.2 Å². The maximum Gasteiger partial charge on any atom is 0.225 e. The second-order valence-corrected chi connectivity index (χ2v) is 10.5. The summed E-state index contributed by atoms with van der Waals surface area (Å²) in [5, 5.41) is 8.33. The van der Waals surface area contributed by atoms with Crippen molar-refractivity contribution in [1.82, 2.24) is 35.0 Å². The van der Waals surface area contributed by atoms with Crippen LogP contribution in [0.5, 0.6) is 0 Å². The quantitative estimate of drug-likeness (QED) is 0.380. The third-order valence-corrected chi connectivity index (χ3v) is 8.13. The van der Waals surface area contributed by atoms with Gasteiger partial charge in [-0.3, -0.25) is 10.00 Å². The molecule has 7 rings (SSSR count). The van der Waals surface area contributed by atoms with E-state index in [0.29, 0.717) is 13.2 Å². The Hall–Kier alpha value is -3.67. The zero-order chi connectivity index (χ0) is 24.6. The predicted octanol–water partition coefficient (Wildman–Crippen LogP) is 3.18. The number of rotatable bonds is 5. The number of morpholine rings is 1. The van der Waals surface area contributed by atoms with Crippen LogP contribution in [0.3, 0.4) is 0 Å². The molecule has 0 unspecified atom stereocenters. The van der Waals surface area contributed by atoms with Gasteiger partial charge in [-0.2, -0.15) is 5.10 Å². The second-order valence-electron chi connectivity index (χ2n) is 9.35. The van der Waals surface area contributed by atoms with Crippen molar-refractivity contribution in [2.45, 2.75) is 6.54 Å². The van der Waals surface area contributed by atoms with Crippen molar-refractivity contribution < 1.29 is 4.74 Å². The molecule has 11 heteroatoms. The van der Waals surface area contributed by atoms with Crippen LogP contribution in [0.4, 0.5) is 11.8 Å². The SMILES string of the molecule is c1cnc(N2CCN(Cc3cc4nc(-c5cccc6[nH]ncc56)nc(N5CCOCC5)c4s3)CC2)nc1. The van der Waals surface area contributed by atoms with Crippen molar-refractivity contribution in [1.29, 1.82) is 0 Å². The Morgan fingerprint density at radius 1 is 0.919 bits per heavy atom. The molecule has 2 aliphatic heterocycles. The normalized spacial score (nSPS) is 17.2. The molecule has 6 heterocycles. The molecule has 2 aliphatic rings. The van der Waals surface area contributed by atoms with Crippen molar-refractivity contribution in [2.75, 3.05) is 62.3 Å². The lowest BCUT2D eigenvalue weighted by Gasteiger charge is -2.34. The van der Waals surface area contributed by atoms with E-state index in [1.807, 2.05) is 35.7 Å². The van der Waals surface area contributed by atoms with Gasteiger partial charge in [0.2, 0.25) is 5.95 Å². The first kappa shape index (κ1) is 22.5. The molecule has 0 spiro atoms. The zero-order valence-corrected chi connectivity index (χ0v) is 21.2. The summed E-state index contributed by atoms with van der Waals surface area (Å²) in [4.78, 5) is 27.4. The molecular formula is C26H27N9OS. The first-order valence-corrected chi connectivity index (χ1v) is 13.4. The van der Waals surface area contributed by atoms with E-state index in [-0.39, 0.29) is 0 Å². The fourth-order valence-electron chi connectivity index (χ4n) is 5.10. The van der Waals surface area contributed by atoms with Gasteiger partial charge >= 0.3 is 0 Å². The monoisotopic (exact) mass is 513 g/mol. The lowest BCUT2D eigenvalue weighted by molar-refractivity contribution is 0.122. The standard InChI is InChI=1S/C26H27N9OS/c1-3-19(20-16-29-32-21(20)4-1)24-30-22-15-18(37-23(22)25(31-24)34-11-13-36-14-12-34)17-33-7-9-35(10-8-33)26-27-5-2-6-28-26/h1-6,15-16H,7-14,17H2,(H,29,32). The van der Waals surface area contributed by atoms with Crippen molar-refractivity contribution in [2.24, 2.45) is 0 Å². The lowest BCUT2D eigenvalue weighted by Crippen LogP contribution is -2.46. The largest absolute Gasteiger partial charge is 0.378 e. The average molecular weight is 514 g/mol. The summed E-state index contributed by atoms with van der Waals surface area (Å²) in [5.41, 5.74) is 2.98. The number of thiophene rings is 1. The maximum atomic E-state index is 5.63. The van der Waals surface area contributed by atoms with Gasteiger partial charge in [0.05, 0.1) is 35.1 Å². The Morgan fingerprint density at radius 2 is 1.76 bits per heavy atom. The minimum atomic E-state index is 0.714. The molecule has 0 saturated carbocycles. The first-order valence-electron chi connectivity index (χ1n) is 12.6. The number of hydrogen-bond acceptors (Lipinski definition) is 10. The number of benzene rings is 1. The van der Waals surface area contributed by atoms with Crippen LogP contribution in [0, 0.1) is 0 Å². The molecule has 0 radical (unpaired) electrons. The molecule has 0 bridgehead atoms. The summed E-state index contributed by atoms with van der Waals surface area (Å²) in [5.74, 6) is 2.56. The van der Waals surface area contributed by atoms with Crippen LogP contribution in [0.1, 0.15) is 4.88 Å². The van der Waals surface area contributed by atoms with Gasteiger partial charge < -0.3 is 14.5 Å². The van der Waals surface area contributed by atoms with Gasteiger partial charge in [-0.15, -0.1) is 11.3 Å². The van der Waals surface area contributed by atoms with Crippen LogP contribution in [0.25, 0.3) is 32.5 Å². The van der Waals surface area contributed by atoms with Crippen LogP contribution in [-0.4, -0.2) is 87.5 Å². The smallest absolute Gasteiger partial charge is 0.225 e. The predicted molar refractivity (Wildman–Crippen MR) is 145 cm³/mol. The molecule has 1 N–H and O–H groups in total. The van der Waals surface area contributed by atoms with E-state index in [4.69, 9.17) is 14.7 Å². The van der Waals surface area contributed by atoms with Crippen LogP contribution in [0.15, 0.2) is 48.9 Å². The number of fused-ring (bicyclic) bond motifs is 2. The summed E-state index contributed by atoms with van der Waals surface area (Å²) in [6.07, 6.45) is 5.46. The van der Waals surface area contributed by atoms with Gasteiger partial charge in [-0.05, 0) is 18.2 Å². The van der Waals surface area contributed by atoms with Crippen LogP contribution >= 0.6 is 11.3 Å². The summed E-state index contributed by atoms with van der Waals surface area (Å²) in [6, 6.07) is 10.2. The van der Waals surface area contributed by atoms with Crippen LogP contribution in [-0.2, 0) is 11.3 Å². The van der Waals surface area contributed by atoms with Crippen LogP contribution in [0.2, 0.25) is 0 Å². The average Bonchev–Trinajstić information content (AvgIpc) is 3.60. The maximum absolute atomic E-state index is 5.63. The fourth-order valence-corrected chi connectivity index (χ4v) is 6.25. The highest BCUT2D eigenvalue weighted by atomic mass is 32.1. The number of nitrogens with one attached hydrogen (secondary N) is 1. The molecule has 2 fully saturated rings. The number of aromatic nitrogens is 6. The highest BCUT2D eigenvalue weighted by molar-refractivity contribution is 7.19. The van der Waals surface area contributed by atoms with E-state index in [2.05, 4.69) is 47.0 Å². The van der Waals surface area contributed by atoms with E-state index >= 15 is 0 Å². The molecule has 0 atom stereocenters. The highest BCUT2D eigenvalue weighted by Crippen LogP contribution is 2.36. The van der Waals surface area contributed by atoms with Gasteiger partial charge in [0.1, 0.15) is 0 Å². The number of H-pyrrole nitrogens is 1. The first-order chi connectivity index (χ1) is 18.3. The molecule has 2 saturated heterocycles. The molecule has 37 heavy (non-hydrogen) atoms. The third-order valence-electron chi connectivity index (χ3n) is 7.03. The second kappa shape index (κ2) is 9.66. The van der Waals surface area contributed by atoms with Crippen molar-refractivity contribution >= 4 is 44.2 Å². The number of anilines is 2. The molecule has 0 amide bonds. The summed E-state index contributed by atoms with van der Waals surface area (Å²) >= 11 is 1.81. The Bertz CT molecular complexity index is 1520. The van der Waals surface area contributed by atoms with Crippen LogP contribution < -0.4 is 9.80 Å². The number of hydrogen-bond donors (Lipinski definition) is 1. The van der Waals surface area contributed by atoms with Gasteiger partial charge in [-0.25, -0.2) is 19.9 Å². The van der Waals surface area contributed by atoms with Gasteiger partial charge in [0, 0.05) is 74.0 Å². The minimum Gasteiger partial charge on any atom is -0.378 e. The Balaban J connectivity index is 1.19.